The second-order valence-electron chi connectivity index (χ2n) is 8.81. The van der Waals surface area contributed by atoms with Crippen LogP contribution in [0, 0.1) is 6.57 Å². The van der Waals surface area contributed by atoms with Gasteiger partial charge in [-0.25, -0.2) is 11.4 Å². The number of ether oxygens (including phenoxy) is 2. The molecule has 4 aromatic rings. The number of aromatic nitrogens is 2. The van der Waals surface area contributed by atoms with E-state index < -0.39 is 35.8 Å². The van der Waals surface area contributed by atoms with E-state index in [9.17, 15) is 9.90 Å². The van der Waals surface area contributed by atoms with E-state index in [1.54, 1.807) is 0 Å². The highest BCUT2D eigenvalue weighted by atomic mass is 16.6. The van der Waals surface area contributed by atoms with Crippen LogP contribution >= 0.6 is 0 Å². The van der Waals surface area contributed by atoms with Crippen molar-refractivity contribution in [3.63, 3.8) is 0 Å². The maximum Gasteiger partial charge on any atom is 0.351 e. The molecular formula is C29H26N4O4. The molecule has 3 aromatic carbocycles. The van der Waals surface area contributed by atoms with Gasteiger partial charge < -0.3 is 25.2 Å². The summed E-state index contributed by atoms with van der Waals surface area (Å²) in [6.07, 6.45) is -1.75. The predicted molar refractivity (Wildman–Crippen MR) is 138 cm³/mol. The smallest absolute Gasteiger partial charge is 0.351 e. The Bertz CT molecular complexity index is 1340. The molecule has 5 rings (SSSR count). The molecule has 1 aliphatic heterocycles. The fourth-order valence-electron chi connectivity index (χ4n) is 4.85. The largest absolute Gasteiger partial charge is 0.383 e. The minimum atomic E-state index is -1.26. The number of nitrogen functional groups attached to an aromatic ring is 1. The zero-order valence-electron chi connectivity index (χ0n) is 19.9. The van der Waals surface area contributed by atoms with E-state index in [1.807, 2.05) is 91.0 Å². The molecule has 0 amide bonds. The Morgan fingerprint density at radius 2 is 1.46 bits per heavy atom. The average Bonchev–Trinajstić information content (AvgIpc) is 3.25. The Kier molecular flexibility index (Phi) is 6.84. The Morgan fingerprint density at radius 1 is 0.946 bits per heavy atom. The van der Waals surface area contributed by atoms with Gasteiger partial charge in [0.1, 0.15) is 11.4 Å². The maximum atomic E-state index is 12.4. The molecule has 1 aliphatic rings. The first-order valence-electron chi connectivity index (χ1n) is 11.9. The zero-order valence-corrected chi connectivity index (χ0v) is 19.9. The van der Waals surface area contributed by atoms with Crippen molar-refractivity contribution in [3.8, 4) is 0 Å². The highest BCUT2D eigenvalue weighted by Crippen LogP contribution is 2.41. The third-order valence-corrected chi connectivity index (χ3v) is 6.62. The predicted octanol–water partition coefficient (Wildman–Crippen LogP) is 3.38. The molecule has 0 radical (unpaired) electrons. The van der Waals surface area contributed by atoms with Crippen molar-refractivity contribution in [2.24, 2.45) is 0 Å². The molecule has 1 aromatic heterocycles. The standard InChI is InChI=1S/C29H26N4O4/c1-31-25-23(37-27(26(25)34)33-18-17-24(30)32-28(33)35)19-36-29(20-11-5-2-6-12-20,21-13-7-3-8-14-21)22-15-9-4-10-16-22/h2-18,23,25-27,34H,19H2,(H2,30,32,35)/t23-,25-,26+,27-/m1/s1. The number of hydrogen-bond acceptors (Lipinski definition) is 6. The van der Waals surface area contributed by atoms with Crippen LogP contribution < -0.4 is 11.4 Å². The van der Waals surface area contributed by atoms with Gasteiger partial charge in [0.15, 0.2) is 18.4 Å². The molecule has 37 heavy (non-hydrogen) atoms. The molecule has 0 saturated carbocycles. The first-order valence-corrected chi connectivity index (χ1v) is 11.9. The number of benzene rings is 3. The normalized spacial score (nSPS) is 21.4. The SMILES string of the molecule is [C-]#[N+][C@H]1[C@H](O)[C@H](n2ccc(N)nc2=O)O[C@@H]1COC(c1ccccc1)(c1ccccc1)c1ccccc1. The highest BCUT2D eigenvalue weighted by molar-refractivity contribution is 5.47. The molecule has 186 valence electrons. The fourth-order valence-corrected chi connectivity index (χ4v) is 4.85. The van der Waals surface area contributed by atoms with Gasteiger partial charge in [-0.15, -0.1) is 0 Å². The minimum absolute atomic E-state index is 0.0174. The van der Waals surface area contributed by atoms with E-state index in [4.69, 9.17) is 21.8 Å². The van der Waals surface area contributed by atoms with Crippen LogP contribution in [0.4, 0.5) is 5.82 Å². The lowest BCUT2D eigenvalue weighted by Gasteiger charge is -2.36. The van der Waals surface area contributed by atoms with Crippen LogP contribution in [0.5, 0.6) is 0 Å². The lowest BCUT2D eigenvalue weighted by molar-refractivity contribution is -0.0877. The highest BCUT2D eigenvalue weighted by Gasteiger charge is 2.51. The second kappa shape index (κ2) is 10.4. The van der Waals surface area contributed by atoms with Crippen LogP contribution in [0.2, 0.25) is 0 Å². The van der Waals surface area contributed by atoms with Crippen LogP contribution in [0.3, 0.4) is 0 Å². The van der Waals surface area contributed by atoms with Crippen LogP contribution in [0.25, 0.3) is 4.85 Å². The molecule has 4 atom stereocenters. The summed E-state index contributed by atoms with van der Waals surface area (Å²) >= 11 is 0. The molecule has 8 heteroatoms. The summed E-state index contributed by atoms with van der Waals surface area (Å²) in [5.74, 6) is 0.0636. The number of anilines is 1. The van der Waals surface area contributed by atoms with E-state index in [0.29, 0.717) is 0 Å². The monoisotopic (exact) mass is 494 g/mol. The van der Waals surface area contributed by atoms with Crippen LogP contribution in [-0.2, 0) is 15.1 Å². The first kappa shape index (κ1) is 24.4. The zero-order chi connectivity index (χ0) is 25.8. The van der Waals surface area contributed by atoms with Gasteiger partial charge in [0.25, 0.3) is 6.04 Å². The number of hydrogen-bond donors (Lipinski definition) is 2. The van der Waals surface area contributed by atoms with Crippen LogP contribution in [-0.4, -0.2) is 39.5 Å². The van der Waals surface area contributed by atoms with Crippen molar-refractivity contribution >= 4 is 5.82 Å². The fraction of sp³-hybridized carbons (Fsp3) is 0.207. The van der Waals surface area contributed by atoms with E-state index in [1.165, 1.54) is 12.3 Å². The molecule has 3 N–H and O–H groups in total. The van der Waals surface area contributed by atoms with E-state index in [0.717, 1.165) is 21.3 Å². The Morgan fingerprint density at radius 3 is 1.92 bits per heavy atom. The average molecular weight is 495 g/mol. The maximum absolute atomic E-state index is 12.4. The molecule has 0 unspecified atom stereocenters. The van der Waals surface area contributed by atoms with E-state index in [-0.39, 0.29) is 12.4 Å². The summed E-state index contributed by atoms with van der Waals surface area (Å²) in [6, 6.07) is 30.0. The minimum Gasteiger partial charge on any atom is -0.383 e. The first-order chi connectivity index (χ1) is 18.0. The number of nitrogens with zero attached hydrogens (tertiary/aromatic N) is 3. The third kappa shape index (κ3) is 4.52. The summed E-state index contributed by atoms with van der Waals surface area (Å²) in [5, 5.41) is 10.9. The van der Waals surface area contributed by atoms with Crippen molar-refractivity contribution in [1.29, 1.82) is 0 Å². The molecule has 8 nitrogen and oxygen atoms in total. The van der Waals surface area contributed by atoms with Gasteiger partial charge >= 0.3 is 5.69 Å². The quantitative estimate of drug-likeness (QED) is 0.302. The summed E-state index contributed by atoms with van der Waals surface area (Å²) < 4.78 is 14.0. The number of nitrogens with two attached hydrogens (primary N) is 1. The Balaban J connectivity index is 1.54. The number of aliphatic hydroxyl groups is 1. The summed E-state index contributed by atoms with van der Waals surface area (Å²) in [5.41, 5.74) is 6.64. The van der Waals surface area contributed by atoms with Crippen molar-refractivity contribution < 1.29 is 14.6 Å². The number of rotatable bonds is 7. The molecule has 2 heterocycles. The Hall–Kier alpha value is -4.29. The molecule has 1 fully saturated rings. The van der Waals surface area contributed by atoms with E-state index >= 15 is 0 Å². The van der Waals surface area contributed by atoms with Crippen molar-refractivity contribution in [1.82, 2.24) is 9.55 Å². The Labute approximate surface area is 214 Å². The van der Waals surface area contributed by atoms with E-state index in [2.05, 4.69) is 9.83 Å². The van der Waals surface area contributed by atoms with Gasteiger partial charge in [-0.05, 0) is 22.8 Å². The third-order valence-electron chi connectivity index (χ3n) is 6.62. The number of aliphatic hydroxyl groups excluding tert-OH is 1. The van der Waals surface area contributed by atoms with Crippen molar-refractivity contribution in [3.05, 3.63) is 142 Å². The lowest BCUT2D eigenvalue weighted by Crippen LogP contribution is -2.38. The van der Waals surface area contributed by atoms with Gasteiger partial charge in [0.05, 0.1) is 6.61 Å². The molecule has 0 bridgehead atoms. The van der Waals surface area contributed by atoms with Crippen LogP contribution in [0.1, 0.15) is 22.9 Å². The summed E-state index contributed by atoms with van der Waals surface area (Å²) in [7, 11) is 0. The van der Waals surface area contributed by atoms with Crippen molar-refractivity contribution in [2.75, 3.05) is 12.3 Å². The topological polar surface area (TPSA) is 104 Å². The molecule has 0 spiro atoms. The van der Waals surface area contributed by atoms with Crippen molar-refractivity contribution in [2.45, 2.75) is 30.1 Å². The molecule has 0 aliphatic carbocycles. The van der Waals surface area contributed by atoms with Gasteiger partial charge in [-0.1, -0.05) is 91.0 Å². The summed E-state index contributed by atoms with van der Waals surface area (Å²) in [6.45, 7) is 7.72. The second-order valence-corrected chi connectivity index (χ2v) is 8.81. The van der Waals surface area contributed by atoms with Gasteiger partial charge in [0.2, 0.25) is 0 Å². The van der Waals surface area contributed by atoms with Gasteiger partial charge in [-0.2, -0.15) is 4.98 Å². The van der Waals surface area contributed by atoms with Gasteiger partial charge in [-0.3, -0.25) is 4.57 Å². The lowest BCUT2D eigenvalue weighted by atomic mass is 9.80. The molecular weight excluding hydrogens is 468 g/mol. The van der Waals surface area contributed by atoms with Gasteiger partial charge in [0, 0.05) is 6.20 Å². The van der Waals surface area contributed by atoms with Crippen LogP contribution in [0.15, 0.2) is 108 Å². The summed E-state index contributed by atoms with van der Waals surface area (Å²) in [4.78, 5) is 19.8. The molecule has 1 saturated heterocycles.